The van der Waals surface area contributed by atoms with E-state index in [1.54, 1.807) is 42.5 Å². The molecule has 6 nitrogen and oxygen atoms in total. The number of rotatable bonds is 6. The van der Waals surface area contributed by atoms with E-state index in [9.17, 15) is 14.0 Å². The van der Waals surface area contributed by atoms with E-state index in [1.165, 1.54) is 6.07 Å². The van der Waals surface area contributed by atoms with Crippen molar-refractivity contribution in [3.8, 4) is 0 Å². The number of carbonyl (C=O) groups is 2. The summed E-state index contributed by atoms with van der Waals surface area (Å²) in [5.74, 6) is -1.20. The Labute approximate surface area is 157 Å². The van der Waals surface area contributed by atoms with Crippen LogP contribution in [-0.4, -0.2) is 49.6 Å². The molecule has 0 aromatic heterocycles. The zero-order valence-corrected chi connectivity index (χ0v) is 14.9. The number of nitrogens with one attached hydrogen (secondary N) is 2. The Morgan fingerprint density at radius 3 is 2.41 bits per heavy atom. The van der Waals surface area contributed by atoms with Crippen molar-refractivity contribution in [2.24, 2.45) is 0 Å². The van der Waals surface area contributed by atoms with Gasteiger partial charge in [0.1, 0.15) is 11.9 Å². The molecule has 0 unspecified atom stereocenters. The normalized spacial score (nSPS) is 15.7. The van der Waals surface area contributed by atoms with Crippen LogP contribution in [0, 0.1) is 5.82 Å². The van der Waals surface area contributed by atoms with Crippen molar-refractivity contribution in [1.82, 2.24) is 10.2 Å². The average molecular weight is 371 g/mol. The number of para-hydroxylation sites is 1. The zero-order valence-electron chi connectivity index (χ0n) is 14.9. The predicted octanol–water partition coefficient (Wildman–Crippen LogP) is 1.95. The molecular formula is C20H22FN3O3. The fraction of sp³-hybridized carbons (Fsp3) is 0.300. The highest BCUT2D eigenvalue weighted by Crippen LogP contribution is 2.24. The standard InChI is InChI=1S/C20H22FN3O3/c21-17-9-5-4-8-16(17)19(24-10-12-27-13-11-24)20(26)22-14-18(25)23-15-6-2-1-3-7-15/h1-9,19H,10-14H2,(H,22,26)(H,23,25)/t19-/m0/s1. The SMILES string of the molecule is O=C(CNC(=O)[C@H](c1ccccc1F)N1CCOCC1)Nc1ccccc1. The molecule has 0 radical (unpaired) electrons. The van der Waals surface area contributed by atoms with Crippen molar-refractivity contribution in [3.05, 3.63) is 66.0 Å². The van der Waals surface area contributed by atoms with Crippen LogP contribution in [-0.2, 0) is 14.3 Å². The number of ether oxygens (including phenoxy) is 1. The fourth-order valence-corrected chi connectivity index (χ4v) is 3.03. The molecule has 2 aromatic rings. The van der Waals surface area contributed by atoms with Gasteiger partial charge in [-0.2, -0.15) is 0 Å². The topological polar surface area (TPSA) is 70.7 Å². The van der Waals surface area contributed by atoms with E-state index in [1.807, 2.05) is 11.0 Å². The van der Waals surface area contributed by atoms with Crippen molar-refractivity contribution in [2.45, 2.75) is 6.04 Å². The molecule has 2 N–H and O–H groups in total. The van der Waals surface area contributed by atoms with Crippen LogP contribution in [0.1, 0.15) is 11.6 Å². The summed E-state index contributed by atoms with van der Waals surface area (Å²) >= 11 is 0. The molecule has 1 atom stereocenters. The molecule has 7 heteroatoms. The lowest BCUT2D eigenvalue weighted by molar-refractivity contribution is -0.130. The maximum atomic E-state index is 14.3. The highest BCUT2D eigenvalue weighted by atomic mass is 19.1. The third-order valence-electron chi connectivity index (χ3n) is 4.34. The summed E-state index contributed by atoms with van der Waals surface area (Å²) in [4.78, 5) is 26.8. The quantitative estimate of drug-likeness (QED) is 0.814. The van der Waals surface area contributed by atoms with Crippen LogP contribution in [0.25, 0.3) is 0 Å². The molecule has 1 fully saturated rings. The second kappa shape index (κ2) is 9.25. The van der Waals surface area contributed by atoms with Gasteiger partial charge in [-0.05, 0) is 18.2 Å². The second-order valence-corrected chi connectivity index (χ2v) is 6.20. The monoisotopic (exact) mass is 371 g/mol. The van der Waals surface area contributed by atoms with E-state index in [-0.39, 0.29) is 12.5 Å². The lowest BCUT2D eigenvalue weighted by atomic mass is 10.0. The Morgan fingerprint density at radius 1 is 1.04 bits per heavy atom. The van der Waals surface area contributed by atoms with Crippen molar-refractivity contribution in [1.29, 1.82) is 0 Å². The highest BCUT2D eigenvalue weighted by molar-refractivity contribution is 5.95. The van der Waals surface area contributed by atoms with Gasteiger partial charge in [0.05, 0.1) is 19.8 Å². The van der Waals surface area contributed by atoms with Gasteiger partial charge in [-0.3, -0.25) is 14.5 Å². The molecule has 0 saturated carbocycles. The number of halogens is 1. The minimum Gasteiger partial charge on any atom is -0.379 e. The number of morpholine rings is 1. The average Bonchev–Trinajstić information content (AvgIpc) is 2.70. The number of amides is 2. The van der Waals surface area contributed by atoms with Crippen LogP contribution in [0.5, 0.6) is 0 Å². The van der Waals surface area contributed by atoms with Gasteiger partial charge >= 0.3 is 0 Å². The Morgan fingerprint density at radius 2 is 1.70 bits per heavy atom. The van der Waals surface area contributed by atoms with Gasteiger partial charge in [-0.15, -0.1) is 0 Å². The predicted molar refractivity (Wildman–Crippen MR) is 99.6 cm³/mol. The van der Waals surface area contributed by atoms with E-state index in [0.29, 0.717) is 37.6 Å². The van der Waals surface area contributed by atoms with Crippen LogP contribution < -0.4 is 10.6 Å². The summed E-state index contributed by atoms with van der Waals surface area (Å²) in [5, 5.41) is 5.33. The molecule has 2 amide bonds. The lowest BCUT2D eigenvalue weighted by Crippen LogP contribution is -2.47. The smallest absolute Gasteiger partial charge is 0.243 e. The van der Waals surface area contributed by atoms with Crippen LogP contribution in [0.4, 0.5) is 10.1 Å². The van der Waals surface area contributed by atoms with Crippen LogP contribution >= 0.6 is 0 Å². The maximum absolute atomic E-state index is 14.3. The van der Waals surface area contributed by atoms with E-state index < -0.39 is 17.8 Å². The molecule has 1 heterocycles. The minimum atomic E-state index is -0.806. The van der Waals surface area contributed by atoms with E-state index >= 15 is 0 Å². The number of benzene rings is 2. The summed E-state index contributed by atoms with van der Waals surface area (Å²) in [6.07, 6.45) is 0. The number of carbonyl (C=O) groups excluding carboxylic acids is 2. The number of anilines is 1. The molecule has 142 valence electrons. The van der Waals surface area contributed by atoms with Gasteiger partial charge in [-0.25, -0.2) is 4.39 Å². The molecule has 1 aliphatic rings. The van der Waals surface area contributed by atoms with E-state index in [2.05, 4.69) is 10.6 Å². The molecule has 3 rings (SSSR count). The van der Waals surface area contributed by atoms with Gasteiger partial charge < -0.3 is 15.4 Å². The Bertz CT molecular complexity index is 779. The first kappa shape index (κ1) is 19.0. The second-order valence-electron chi connectivity index (χ2n) is 6.20. The number of nitrogens with zero attached hydrogens (tertiary/aromatic N) is 1. The molecule has 1 saturated heterocycles. The first-order valence-corrected chi connectivity index (χ1v) is 8.84. The summed E-state index contributed by atoms with van der Waals surface area (Å²) in [6.45, 7) is 1.80. The molecule has 2 aromatic carbocycles. The number of hydrogen-bond donors (Lipinski definition) is 2. The van der Waals surface area contributed by atoms with Crippen molar-refractivity contribution in [3.63, 3.8) is 0 Å². The minimum absolute atomic E-state index is 0.191. The fourth-order valence-electron chi connectivity index (χ4n) is 3.03. The highest BCUT2D eigenvalue weighted by Gasteiger charge is 2.31. The Hall–Kier alpha value is -2.77. The van der Waals surface area contributed by atoms with Crippen LogP contribution in [0.15, 0.2) is 54.6 Å². The van der Waals surface area contributed by atoms with E-state index in [0.717, 1.165) is 0 Å². The van der Waals surface area contributed by atoms with Crippen LogP contribution in [0.2, 0.25) is 0 Å². The molecule has 0 spiro atoms. The van der Waals surface area contributed by atoms with Crippen molar-refractivity contribution in [2.75, 3.05) is 38.2 Å². The molecular weight excluding hydrogens is 349 g/mol. The zero-order chi connectivity index (χ0) is 19.1. The first-order chi connectivity index (χ1) is 13.1. The third-order valence-corrected chi connectivity index (χ3v) is 4.34. The third kappa shape index (κ3) is 5.12. The molecule has 0 aliphatic carbocycles. The number of hydrogen-bond acceptors (Lipinski definition) is 4. The van der Waals surface area contributed by atoms with Gasteiger partial charge in [0.2, 0.25) is 11.8 Å². The maximum Gasteiger partial charge on any atom is 0.243 e. The Balaban J connectivity index is 1.67. The van der Waals surface area contributed by atoms with Gasteiger partial charge in [0.25, 0.3) is 0 Å². The molecule has 1 aliphatic heterocycles. The summed E-state index contributed by atoms with van der Waals surface area (Å²) in [5.41, 5.74) is 0.941. The van der Waals surface area contributed by atoms with Crippen molar-refractivity contribution < 1.29 is 18.7 Å². The van der Waals surface area contributed by atoms with Gasteiger partial charge in [0.15, 0.2) is 0 Å². The Kier molecular flexibility index (Phi) is 6.51. The summed E-state index contributed by atoms with van der Waals surface area (Å²) < 4.78 is 19.7. The van der Waals surface area contributed by atoms with Gasteiger partial charge in [-0.1, -0.05) is 36.4 Å². The lowest BCUT2D eigenvalue weighted by Gasteiger charge is -2.33. The molecule has 0 bridgehead atoms. The largest absolute Gasteiger partial charge is 0.379 e. The van der Waals surface area contributed by atoms with E-state index in [4.69, 9.17) is 4.74 Å². The summed E-state index contributed by atoms with van der Waals surface area (Å²) in [6, 6.07) is 14.4. The summed E-state index contributed by atoms with van der Waals surface area (Å²) in [7, 11) is 0. The molecule has 27 heavy (non-hydrogen) atoms. The van der Waals surface area contributed by atoms with Crippen LogP contribution in [0.3, 0.4) is 0 Å². The van der Waals surface area contributed by atoms with Gasteiger partial charge in [0, 0.05) is 24.3 Å². The van der Waals surface area contributed by atoms with Crippen molar-refractivity contribution >= 4 is 17.5 Å². The first-order valence-electron chi connectivity index (χ1n) is 8.84.